The van der Waals surface area contributed by atoms with Crippen molar-refractivity contribution in [3.8, 4) is 0 Å². The summed E-state index contributed by atoms with van der Waals surface area (Å²) in [6, 6.07) is -0.700. The fraction of sp³-hybridized carbons (Fsp3) is 0.786. The summed E-state index contributed by atoms with van der Waals surface area (Å²) in [6.45, 7) is 4.83. The molecule has 22 heavy (non-hydrogen) atoms. The standard InChI is InChI=1S/C14H25N3O5/c1-3-8(2)9(12(18)16-7-5-4-6-15)17-13(19)10-11(22-10)14(20)21/h8-11H,3-7,15H2,1-2H3,(H,16,18)(H,17,19)(H,20,21)/t8?,9-,10-,11-/m0/s1. The second-order valence-electron chi connectivity index (χ2n) is 5.47. The first-order valence-corrected chi connectivity index (χ1v) is 7.58. The molecule has 0 bridgehead atoms. The zero-order chi connectivity index (χ0) is 16.7. The van der Waals surface area contributed by atoms with Gasteiger partial charge >= 0.3 is 5.97 Å². The summed E-state index contributed by atoms with van der Waals surface area (Å²) in [7, 11) is 0. The van der Waals surface area contributed by atoms with Crippen molar-refractivity contribution in [3.63, 3.8) is 0 Å². The van der Waals surface area contributed by atoms with Gasteiger partial charge in [-0.1, -0.05) is 20.3 Å². The SMILES string of the molecule is CCC(C)[C@H](NC(=O)[C@H]1O[C@@H]1C(=O)O)C(=O)NCCCCN. The second kappa shape index (κ2) is 8.70. The van der Waals surface area contributed by atoms with Crippen LogP contribution in [0.1, 0.15) is 33.1 Å². The third-order valence-electron chi connectivity index (χ3n) is 3.72. The van der Waals surface area contributed by atoms with E-state index in [0.29, 0.717) is 19.5 Å². The van der Waals surface area contributed by atoms with Crippen molar-refractivity contribution in [1.82, 2.24) is 10.6 Å². The molecular weight excluding hydrogens is 290 g/mol. The predicted octanol–water partition coefficient (Wildman–Crippen LogP) is -0.776. The molecular formula is C14H25N3O5. The van der Waals surface area contributed by atoms with Gasteiger partial charge in [-0.15, -0.1) is 0 Å². The maximum Gasteiger partial charge on any atom is 0.336 e. The van der Waals surface area contributed by atoms with Crippen LogP contribution in [0.4, 0.5) is 0 Å². The molecule has 0 spiro atoms. The summed E-state index contributed by atoms with van der Waals surface area (Å²) in [5.41, 5.74) is 5.39. The Hall–Kier alpha value is -1.67. The van der Waals surface area contributed by atoms with E-state index < -0.39 is 30.1 Å². The number of carboxylic acid groups (broad SMARTS) is 1. The number of amides is 2. The van der Waals surface area contributed by atoms with E-state index in [4.69, 9.17) is 15.6 Å². The molecule has 5 N–H and O–H groups in total. The molecule has 0 aromatic heterocycles. The highest BCUT2D eigenvalue weighted by Gasteiger charge is 2.51. The molecule has 1 saturated heterocycles. The first-order valence-electron chi connectivity index (χ1n) is 7.58. The van der Waals surface area contributed by atoms with Gasteiger partial charge in [0, 0.05) is 6.54 Å². The lowest BCUT2D eigenvalue weighted by atomic mass is 9.98. The summed E-state index contributed by atoms with van der Waals surface area (Å²) >= 11 is 0. The Morgan fingerprint density at radius 1 is 1.27 bits per heavy atom. The van der Waals surface area contributed by atoms with Crippen LogP contribution >= 0.6 is 0 Å². The molecule has 0 radical (unpaired) electrons. The minimum Gasteiger partial charge on any atom is -0.479 e. The van der Waals surface area contributed by atoms with Crippen molar-refractivity contribution in [1.29, 1.82) is 0 Å². The largest absolute Gasteiger partial charge is 0.479 e. The predicted molar refractivity (Wildman–Crippen MR) is 79.0 cm³/mol. The molecule has 1 rings (SSSR count). The van der Waals surface area contributed by atoms with Crippen LogP contribution in [0.2, 0.25) is 0 Å². The highest BCUT2D eigenvalue weighted by Crippen LogP contribution is 2.23. The smallest absolute Gasteiger partial charge is 0.336 e. The number of hydrogen-bond donors (Lipinski definition) is 4. The Morgan fingerprint density at radius 3 is 2.45 bits per heavy atom. The third-order valence-corrected chi connectivity index (χ3v) is 3.72. The number of carboxylic acids is 1. The van der Waals surface area contributed by atoms with Crippen LogP contribution in [0.3, 0.4) is 0 Å². The summed E-state index contributed by atoms with van der Waals surface area (Å²) in [5, 5.41) is 14.1. The summed E-state index contributed by atoms with van der Waals surface area (Å²) in [6.07, 6.45) is 0.182. The number of hydrogen-bond acceptors (Lipinski definition) is 5. The van der Waals surface area contributed by atoms with E-state index >= 15 is 0 Å². The molecule has 2 amide bonds. The number of carbonyl (C=O) groups excluding carboxylic acids is 2. The molecule has 1 unspecified atom stereocenters. The van der Waals surface area contributed by atoms with E-state index in [2.05, 4.69) is 10.6 Å². The van der Waals surface area contributed by atoms with E-state index in [0.717, 1.165) is 12.8 Å². The number of carbonyl (C=O) groups is 3. The van der Waals surface area contributed by atoms with Crippen LogP contribution in [0.5, 0.6) is 0 Å². The first-order chi connectivity index (χ1) is 10.4. The summed E-state index contributed by atoms with van der Waals surface area (Å²) in [5.74, 6) is -2.07. The topological polar surface area (TPSA) is 134 Å². The molecule has 4 atom stereocenters. The highest BCUT2D eigenvalue weighted by molar-refractivity contribution is 5.95. The number of ether oxygens (including phenoxy) is 1. The van der Waals surface area contributed by atoms with Crippen LogP contribution in [0.15, 0.2) is 0 Å². The Morgan fingerprint density at radius 2 is 1.95 bits per heavy atom. The van der Waals surface area contributed by atoms with Gasteiger partial charge in [-0.3, -0.25) is 9.59 Å². The number of epoxide rings is 1. The van der Waals surface area contributed by atoms with Crippen molar-refractivity contribution in [2.75, 3.05) is 13.1 Å². The fourth-order valence-electron chi connectivity index (χ4n) is 2.03. The highest BCUT2D eigenvalue weighted by atomic mass is 16.6. The molecule has 8 heteroatoms. The maximum absolute atomic E-state index is 12.2. The van der Waals surface area contributed by atoms with Gasteiger partial charge in [0.2, 0.25) is 5.91 Å². The number of rotatable bonds is 10. The van der Waals surface area contributed by atoms with Crippen LogP contribution in [0, 0.1) is 5.92 Å². The normalized spacial score (nSPS) is 22.5. The van der Waals surface area contributed by atoms with E-state index in [1.807, 2.05) is 13.8 Å². The van der Waals surface area contributed by atoms with Gasteiger partial charge in [-0.25, -0.2) is 4.79 Å². The van der Waals surface area contributed by atoms with E-state index in [1.165, 1.54) is 0 Å². The van der Waals surface area contributed by atoms with Crippen molar-refractivity contribution in [3.05, 3.63) is 0 Å². The molecule has 126 valence electrons. The number of nitrogens with two attached hydrogens (primary N) is 1. The monoisotopic (exact) mass is 315 g/mol. The summed E-state index contributed by atoms with van der Waals surface area (Å²) < 4.78 is 4.79. The molecule has 0 aromatic rings. The average Bonchev–Trinajstić information content (AvgIpc) is 3.28. The minimum absolute atomic E-state index is 0.0690. The first kappa shape index (κ1) is 18.4. The number of unbranched alkanes of at least 4 members (excludes halogenated alkanes) is 1. The van der Waals surface area contributed by atoms with Crippen molar-refractivity contribution in [2.24, 2.45) is 11.7 Å². The molecule has 1 aliphatic rings. The van der Waals surface area contributed by atoms with Crippen LogP contribution in [-0.2, 0) is 19.1 Å². The zero-order valence-electron chi connectivity index (χ0n) is 13.0. The van der Waals surface area contributed by atoms with E-state index in [9.17, 15) is 14.4 Å². The minimum atomic E-state index is -1.17. The molecule has 0 aromatic carbocycles. The lowest BCUT2D eigenvalue weighted by Crippen LogP contribution is -2.51. The number of nitrogens with one attached hydrogen (secondary N) is 2. The lowest BCUT2D eigenvalue weighted by molar-refractivity contribution is -0.138. The van der Waals surface area contributed by atoms with Crippen LogP contribution in [0.25, 0.3) is 0 Å². The van der Waals surface area contributed by atoms with Gasteiger partial charge in [0.1, 0.15) is 6.04 Å². The molecule has 1 heterocycles. The van der Waals surface area contributed by atoms with Gasteiger partial charge in [0.05, 0.1) is 0 Å². The average molecular weight is 315 g/mol. The van der Waals surface area contributed by atoms with Crippen molar-refractivity contribution >= 4 is 17.8 Å². The molecule has 1 aliphatic heterocycles. The molecule has 0 saturated carbocycles. The van der Waals surface area contributed by atoms with E-state index in [1.54, 1.807) is 0 Å². The Bertz CT molecular complexity index is 415. The zero-order valence-corrected chi connectivity index (χ0v) is 13.0. The quantitative estimate of drug-likeness (QED) is 0.309. The molecule has 0 aliphatic carbocycles. The summed E-state index contributed by atoms with van der Waals surface area (Å²) in [4.78, 5) is 34.8. The second-order valence-corrected chi connectivity index (χ2v) is 5.47. The molecule has 1 fully saturated rings. The van der Waals surface area contributed by atoms with E-state index in [-0.39, 0.29) is 11.8 Å². The Balaban J connectivity index is 2.52. The lowest BCUT2D eigenvalue weighted by Gasteiger charge is -2.23. The Kier molecular flexibility index (Phi) is 7.26. The number of aliphatic carboxylic acids is 1. The van der Waals surface area contributed by atoms with Crippen LogP contribution < -0.4 is 16.4 Å². The van der Waals surface area contributed by atoms with Crippen molar-refractivity contribution < 1.29 is 24.2 Å². The van der Waals surface area contributed by atoms with Gasteiger partial charge in [-0.05, 0) is 25.3 Å². The van der Waals surface area contributed by atoms with Gasteiger partial charge in [-0.2, -0.15) is 0 Å². The van der Waals surface area contributed by atoms with Gasteiger partial charge < -0.3 is 26.2 Å². The van der Waals surface area contributed by atoms with Gasteiger partial charge in [0.25, 0.3) is 5.91 Å². The van der Waals surface area contributed by atoms with Crippen LogP contribution in [-0.4, -0.2) is 54.2 Å². The molecule has 8 nitrogen and oxygen atoms in total. The fourth-order valence-corrected chi connectivity index (χ4v) is 2.03. The maximum atomic E-state index is 12.2. The Labute approximate surface area is 129 Å². The third kappa shape index (κ3) is 5.27. The van der Waals surface area contributed by atoms with Gasteiger partial charge in [0.15, 0.2) is 12.2 Å². The van der Waals surface area contributed by atoms with Crippen molar-refractivity contribution in [2.45, 2.75) is 51.4 Å².